The molecule has 1 heterocycles. The number of carbonyl (C=O) groups is 1. The first-order chi connectivity index (χ1) is 7.16. The van der Waals surface area contributed by atoms with Crippen LogP contribution in [0.25, 0.3) is 10.1 Å². The van der Waals surface area contributed by atoms with Crippen molar-refractivity contribution in [1.29, 1.82) is 0 Å². The lowest BCUT2D eigenvalue weighted by atomic mass is 10.2. The van der Waals surface area contributed by atoms with Crippen molar-refractivity contribution in [3.05, 3.63) is 39.9 Å². The number of fused-ring (bicyclic) bond motifs is 1. The smallest absolute Gasteiger partial charge is 0.256 e. The first-order valence-corrected chi connectivity index (χ1v) is 5.29. The average Bonchev–Trinajstić information content (AvgIpc) is 2.18. The van der Waals surface area contributed by atoms with Crippen LogP contribution in [0.4, 0.5) is 5.69 Å². The minimum atomic E-state index is -0.227. The zero-order valence-corrected chi connectivity index (χ0v) is 8.93. The van der Waals surface area contributed by atoms with Crippen LogP contribution in [-0.4, -0.2) is 5.91 Å². The first-order valence-electron chi connectivity index (χ1n) is 4.47. The average molecular weight is 219 g/mol. The lowest BCUT2D eigenvalue weighted by molar-refractivity contribution is -0.114. The van der Waals surface area contributed by atoms with Gasteiger partial charge in [-0.1, -0.05) is 29.5 Å². The molecule has 4 heteroatoms. The van der Waals surface area contributed by atoms with E-state index < -0.39 is 0 Å². The highest BCUT2D eigenvalue weighted by molar-refractivity contribution is 7.16. The molecule has 1 amide bonds. The molecule has 1 aromatic carbocycles. The van der Waals surface area contributed by atoms with Gasteiger partial charge < -0.3 is 5.32 Å². The van der Waals surface area contributed by atoms with Crippen molar-refractivity contribution >= 4 is 33.0 Å². The summed E-state index contributed by atoms with van der Waals surface area (Å²) in [6, 6.07) is 9.29. The number of hydrogen-bond acceptors (Lipinski definition) is 3. The zero-order valence-electron chi connectivity index (χ0n) is 8.11. The number of amides is 1. The zero-order chi connectivity index (χ0) is 10.8. The molecule has 0 atom stereocenters. The number of benzene rings is 1. The highest BCUT2D eigenvalue weighted by Gasteiger charge is 2.03. The SMILES string of the molecule is CC(=O)Nc1cc2ccccc2sc1=O. The summed E-state index contributed by atoms with van der Waals surface area (Å²) in [6.07, 6.45) is 0. The normalized spacial score (nSPS) is 10.2. The molecule has 0 radical (unpaired) electrons. The molecule has 0 bridgehead atoms. The molecule has 0 aliphatic heterocycles. The predicted octanol–water partition coefficient (Wildman–Crippen LogP) is 2.22. The molecule has 0 aliphatic rings. The van der Waals surface area contributed by atoms with E-state index in [4.69, 9.17) is 0 Å². The van der Waals surface area contributed by atoms with E-state index in [1.54, 1.807) is 6.07 Å². The van der Waals surface area contributed by atoms with Gasteiger partial charge >= 0.3 is 0 Å². The van der Waals surface area contributed by atoms with Crippen LogP contribution in [0, 0.1) is 0 Å². The van der Waals surface area contributed by atoms with Crippen LogP contribution in [0.2, 0.25) is 0 Å². The van der Waals surface area contributed by atoms with E-state index in [0.717, 1.165) is 21.4 Å². The van der Waals surface area contributed by atoms with Crippen LogP contribution in [0.1, 0.15) is 6.92 Å². The maximum absolute atomic E-state index is 11.6. The van der Waals surface area contributed by atoms with Crippen molar-refractivity contribution in [3.8, 4) is 0 Å². The number of carbonyl (C=O) groups excluding carboxylic acids is 1. The van der Waals surface area contributed by atoms with Gasteiger partial charge in [-0.05, 0) is 17.5 Å². The minimum absolute atomic E-state index is 0.121. The lowest BCUT2D eigenvalue weighted by Crippen LogP contribution is -2.12. The van der Waals surface area contributed by atoms with Gasteiger partial charge in [0, 0.05) is 11.6 Å². The molecule has 15 heavy (non-hydrogen) atoms. The van der Waals surface area contributed by atoms with Gasteiger partial charge in [0.05, 0.1) is 0 Å². The summed E-state index contributed by atoms with van der Waals surface area (Å²) >= 11 is 1.14. The summed E-state index contributed by atoms with van der Waals surface area (Å²) in [7, 11) is 0. The van der Waals surface area contributed by atoms with Crippen molar-refractivity contribution in [1.82, 2.24) is 0 Å². The molecule has 2 rings (SSSR count). The summed E-state index contributed by atoms with van der Waals surface area (Å²) in [5.41, 5.74) is 0.353. The van der Waals surface area contributed by atoms with Crippen LogP contribution in [0.15, 0.2) is 35.1 Å². The van der Waals surface area contributed by atoms with Crippen LogP contribution in [0.3, 0.4) is 0 Å². The van der Waals surface area contributed by atoms with E-state index in [9.17, 15) is 9.59 Å². The maximum Gasteiger partial charge on any atom is 0.256 e. The van der Waals surface area contributed by atoms with E-state index in [0.29, 0.717) is 5.69 Å². The Hall–Kier alpha value is -1.68. The highest BCUT2D eigenvalue weighted by atomic mass is 32.1. The van der Waals surface area contributed by atoms with Crippen molar-refractivity contribution in [2.24, 2.45) is 0 Å². The van der Waals surface area contributed by atoms with Crippen molar-refractivity contribution in [3.63, 3.8) is 0 Å². The largest absolute Gasteiger partial charge is 0.322 e. The van der Waals surface area contributed by atoms with Crippen LogP contribution in [-0.2, 0) is 4.79 Å². The van der Waals surface area contributed by atoms with E-state index >= 15 is 0 Å². The van der Waals surface area contributed by atoms with Crippen LogP contribution < -0.4 is 10.1 Å². The number of anilines is 1. The monoisotopic (exact) mass is 219 g/mol. The Morgan fingerprint density at radius 2 is 2.07 bits per heavy atom. The maximum atomic E-state index is 11.6. The van der Waals surface area contributed by atoms with Gasteiger partial charge in [0.1, 0.15) is 5.69 Å². The molecule has 2 aromatic rings. The van der Waals surface area contributed by atoms with Gasteiger partial charge in [0.15, 0.2) is 0 Å². The van der Waals surface area contributed by atoms with E-state index in [1.165, 1.54) is 6.92 Å². The molecule has 0 saturated carbocycles. The van der Waals surface area contributed by atoms with Gasteiger partial charge in [-0.2, -0.15) is 0 Å². The van der Waals surface area contributed by atoms with Crippen molar-refractivity contribution < 1.29 is 4.79 Å². The molecule has 3 nitrogen and oxygen atoms in total. The van der Waals surface area contributed by atoms with Gasteiger partial charge in [0.2, 0.25) is 5.91 Å². The Morgan fingerprint density at radius 3 is 2.80 bits per heavy atom. The third kappa shape index (κ3) is 2.05. The quantitative estimate of drug-likeness (QED) is 0.799. The fraction of sp³-hybridized carbons (Fsp3) is 0.0909. The summed E-state index contributed by atoms with van der Waals surface area (Å²) in [6.45, 7) is 1.39. The van der Waals surface area contributed by atoms with Crippen LogP contribution in [0.5, 0.6) is 0 Å². The van der Waals surface area contributed by atoms with Gasteiger partial charge in [-0.15, -0.1) is 0 Å². The second-order valence-electron chi connectivity index (χ2n) is 3.17. The third-order valence-electron chi connectivity index (χ3n) is 1.95. The summed E-state index contributed by atoms with van der Waals surface area (Å²) in [4.78, 5) is 22.4. The van der Waals surface area contributed by atoms with Crippen molar-refractivity contribution in [2.45, 2.75) is 6.92 Å². The molecule has 76 valence electrons. The Bertz CT molecular complexity index is 574. The Morgan fingerprint density at radius 1 is 1.33 bits per heavy atom. The second-order valence-corrected chi connectivity index (χ2v) is 4.18. The molecule has 1 N–H and O–H groups in total. The molecular formula is C11H9NO2S. The van der Waals surface area contributed by atoms with Gasteiger partial charge in [-0.3, -0.25) is 9.59 Å². The minimum Gasteiger partial charge on any atom is -0.322 e. The molecule has 0 unspecified atom stereocenters. The fourth-order valence-corrected chi connectivity index (χ4v) is 2.15. The highest BCUT2D eigenvalue weighted by Crippen LogP contribution is 2.18. The number of nitrogens with one attached hydrogen (secondary N) is 1. The van der Waals surface area contributed by atoms with Gasteiger partial charge in [-0.25, -0.2) is 0 Å². The number of hydrogen-bond donors (Lipinski definition) is 1. The molecule has 0 spiro atoms. The Labute approximate surface area is 90.4 Å². The predicted molar refractivity (Wildman–Crippen MR) is 62.4 cm³/mol. The Balaban J connectivity index is 2.62. The first kappa shape index (κ1) is 9.86. The Kier molecular flexibility index (Phi) is 2.51. The standard InChI is InChI=1S/C11H9NO2S/c1-7(13)12-9-6-8-4-2-3-5-10(8)15-11(9)14/h2-6H,1H3,(H,12,13). The summed E-state index contributed by atoms with van der Waals surface area (Å²) in [5.74, 6) is -0.227. The van der Waals surface area contributed by atoms with Crippen LogP contribution >= 0.6 is 11.3 Å². The lowest BCUT2D eigenvalue weighted by Gasteiger charge is -2.01. The fourth-order valence-electron chi connectivity index (χ4n) is 1.34. The summed E-state index contributed by atoms with van der Waals surface area (Å²) < 4.78 is 0.806. The van der Waals surface area contributed by atoms with Crippen molar-refractivity contribution in [2.75, 3.05) is 5.32 Å². The molecule has 0 fully saturated rings. The van der Waals surface area contributed by atoms with E-state index in [2.05, 4.69) is 5.32 Å². The molecule has 0 saturated heterocycles. The third-order valence-corrected chi connectivity index (χ3v) is 2.95. The summed E-state index contributed by atoms with van der Waals surface area (Å²) in [5, 5.41) is 3.49. The molecular weight excluding hydrogens is 210 g/mol. The van der Waals surface area contributed by atoms with E-state index in [-0.39, 0.29) is 10.6 Å². The molecule has 0 aliphatic carbocycles. The topological polar surface area (TPSA) is 46.2 Å². The van der Waals surface area contributed by atoms with Gasteiger partial charge in [0.25, 0.3) is 4.74 Å². The number of rotatable bonds is 1. The van der Waals surface area contributed by atoms with E-state index in [1.807, 2.05) is 24.3 Å². The molecule has 1 aromatic heterocycles. The second kappa shape index (κ2) is 3.82.